The molecular formula is C11H19N3O3. The second-order valence-corrected chi connectivity index (χ2v) is 4.05. The van der Waals surface area contributed by atoms with Crippen LogP contribution in [0.5, 0.6) is 0 Å². The second kappa shape index (κ2) is 5.77. The van der Waals surface area contributed by atoms with Gasteiger partial charge in [-0.1, -0.05) is 18.6 Å². The van der Waals surface area contributed by atoms with Gasteiger partial charge in [0.25, 0.3) is 0 Å². The summed E-state index contributed by atoms with van der Waals surface area (Å²) in [7, 11) is 1.31. The predicted octanol–water partition coefficient (Wildman–Crippen LogP) is 0.959. The van der Waals surface area contributed by atoms with Crippen molar-refractivity contribution in [1.29, 1.82) is 0 Å². The maximum Gasteiger partial charge on any atom is 0.360 e. The molecule has 2 unspecified atom stereocenters. The summed E-state index contributed by atoms with van der Waals surface area (Å²) in [6.07, 6.45) is 0.982. The van der Waals surface area contributed by atoms with E-state index in [4.69, 9.17) is 0 Å². The number of aliphatic hydroxyl groups excluding tert-OH is 1. The topological polar surface area (TPSA) is 77.2 Å². The van der Waals surface area contributed by atoms with Gasteiger partial charge in [-0.05, 0) is 20.3 Å². The minimum Gasteiger partial charge on any atom is -0.464 e. The molecule has 1 N–H and O–H groups in total. The summed E-state index contributed by atoms with van der Waals surface area (Å²) < 4.78 is 6.26. The Hall–Kier alpha value is -1.43. The molecule has 6 heteroatoms. The molecule has 17 heavy (non-hydrogen) atoms. The van der Waals surface area contributed by atoms with Gasteiger partial charge in [-0.15, -0.1) is 5.10 Å². The van der Waals surface area contributed by atoms with Gasteiger partial charge in [0.1, 0.15) is 0 Å². The molecule has 2 atom stereocenters. The van der Waals surface area contributed by atoms with Crippen LogP contribution in [0.2, 0.25) is 0 Å². The zero-order chi connectivity index (χ0) is 13.0. The van der Waals surface area contributed by atoms with E-state index in [1.807, 2.05) is 13.8 Å². The van der Waals surface area contributed by atoms with Gasteiger partial charge in [-0.25, -0.2) is 9.48 Å². The smallest absolute Gasteiger partial charge is 0.360 e. The van der Waals surface area contributed by atoms with Gasteiger partial charge >= 0.3 is 5.97 Å². The van der Waals surface area contributed by atoms with E-state index >= 15 is 0 Å². The molecule has 0 fully saturated rings. The highest BCUT2D eigenvalue weighted by molar-refractivity contribution is 5.88. The molecule has 1 aromatic rings. The predicted molar refractivity (Wildman–Crippen MR) is 61.7 cm³/mol. The van der Waals surface area contributed by atoms with Crippen LogP contribution in [0.25, 0.3) is 0 Å². The number of ether oxygens (including phenoxy) is 1. The fraction of sp³-hybridized carbons (Fsp3) is 0.727. The number of rotatable bonds is 5. The second-order valence-electron chi connectivity index (χ2n) is 4.05. The number of carbonyl (C=O) groups is 1. The average molecular weight is 241 g/mol. The SMILES string of the molecule is CCCc1c(C(=O)OC)nnn1C(C)C(C)O. The van der Waals surface area contributed by atoms with Crippen LogP contribution in [-0.2, 0) is 11.2 Å². The molecule has 6 nitrogen and oxygen atoms in total. The molecule has 1 aromatic heterocycles. The van der Waals surface area contributed by atoms with Crippen LogP contribution in [0.1, 0.15) is 49.4 Å². The number of esters is 1. The molecule has 0 aliphatic carbocycles. The van der Waals surface area contributed by atoms with Crippen LogP contribution in [0.4, 0.5) is 0 Å². The number of nitrogens with zero attached hydrogens (tertiary/aromatic N) is 3. The summed E-state index contributed by atoms with van der Waals surface area (Å²) in [4.78, 5) is 11.5. The van der Waals surface area contributed by atoms with Crippen LogP contribution in [0.15, 0.2) is 0 Å². The Bertz CT molecular complexity index is 387. The van der Waals surface area contributed by atoms with Crippen molar-refractivity contribution in [2.45, 2.75) is 45.8 Å². The summed E-state index contributed by atoms with van der Waals surface area (Å²) in [5.74, 6) is -0.488. The number of hydrogen-bond acceptors (Lipinski definition) is 5. The molecule has 0 aromatic carbocycles. The average Bonchev–Trinajstić information content (AvgIpc) is 2.71. The lowest BCUT2D eigenvalue weighted by Gasteiger charge is -2.17. The van der Waals surface area contributed by atoms with Crippen molar-refractivity contribution in [1.82, 2.24) is 15.0 Å². The first-order chi connectivity index (χ1) is 8.02. The van der Waals surface area contributed by atoms with Gasteiger partial charge in [0.15, 0.2) is 5.69 Å². The lowest BCUT2D eigenvalue weighted by Crippen LogP contribution is -2.22. The van der Waals surface area contributed by atoms with Crippen molar-refractivity contribution in [3.8, 4) is 0 Å². The summed E-state index contributed by atoms with van der Waals surface area (Å²) in [6.45, 7) is 5.52. The maximum atomic E-state index is 11.5. The number of aromatic nitrogens is 3. The molecule has 0 saturated heterocycles. The third kappa shape index (κ3) is 2.82. The molecular weight excluding hydrogens is 222 g/mol. The van der Waals surface area contributed by atoms with Gasteiger partial charge < -0.3 is 9.84 Å². The first-order valence-corrected chi connectivity index (χ1v) is 5.73. The van der Waals surface area contributed by atoms with Gasteiger partial charge in [-0.3, -0.25) is 0 Å². The van der Waals surface area contributed by atoms with E-state index in [0.29, 0.717) is 12.1 Å². The van der Waals surface area contributed by atoms with Crippen molar-refractivity contribution in [2.24, 2.45) is 0 Å². The highest BCUT2D eigenvalue weighted by atomic mass is 16.5. The molecule has 0 aliphatic rings. The summed E-state index contributed by atoms with van der Waals surface area (Å²) >= 11 is 0. The van der Waals surface area contributed by atoms with Crippen molar-refractivity contribution in [2.75, 3.05) is 7.11 Å². The Morgan fingerprint density at radius 2 is 2.18 bits per heavy atom. The van der Waals surface area contributed by atoms with Crippen molar-refractivity contribution in [3.63, 3.8) is 0 Å². The van der Waals surface area contributed by atoms with Gasteiger partial charge in [0.2, 0.25) is 0 Å². The standard InChI is InChI=1S/C11H19N3O3/c1-5-6-9-10(11(16)17-4)12-13-14(9)7(2)8(3)15/h7-8,15H,5-6H2,1-4H3. The lowest BCUT2D eigenvalue weighted by molar-refractivity contribution is 0.0592. The van der Waals surface area contributed by atoms with Crippen molar-refractivity contribution in [3.05, 3.63) is 11.4 Å². The molecule has 0 bridgehead atoms. The van der Waals surface area contributed by atoms with E-state index in [9.17, 15) is 9.90 Å². The van der Waals surface area contributed by atoms with Crippen LogP contribution >= 0.6 is 0 Å². The molecule has 0 radical (unpaired) electrons. The first-order valence-electron chi connectivity index (χ1n) is 5.73. The van der Waals surface area contributed by atoms with Gasteiger partial charge in [0, 0.05) is 0 Å². The van der Waals surface area contributed by atoms with Gasteiger partial charge in [0.05, 0.1) is 24.9 Å². The minimum absolute atomic E-state index is 0.220. The zero-order valence-corrected chi connectivity index (χ0v) is 10.7. The molecule has 1 heterocycles. The van der Waals surface area contributed by atoms with Crippen molar-refractivity contribution < 1.29 is 14.6 Å². The Morgan fingerprint density at radius 3 is 2.65 bits per heavy atom. The Balaban J connectivity index is 3.14. The largest absolute Gasteiger partial charge is 0.464 e. The number of hydrogen-bond donors (Lipinski definition) is 1. The van der Waals surface area contributed by atoms with E-state index < -0.39 is 12.1 Å². The van der Waals surface area contributed by atoms with E-state index in [1.165, 1.54) is 7.11 Å². The van der Waals surface area contributed by atoms with Crippen LogP contribution < -0.4 is 0 Å². The molecule has 0 aliphatic heterocycles. The monoisotopic (exact) mass is 241 g/mol. The Morgan fingerprint density at radius 1 is 1.53 bits per heavy atom. The van der Waals surface area contributed by atoms with E-state index in [2.05, 4.69) is 15.0 Å². The Labute approximate surface area is 101 Å². The fourth-order valence-corrected chi connectivity index (χ4v) is 1.57. The normalized spacial score (nSPS) is 14.4. The van der Waals surface area contributed by atoms with Crippen LogP contribution in [0.3, 0.4) is 0 Å². The highest BCUT2D eigenvalue weighted by Gasteiger charge is 2.23. The third-order valence-corrected chi connectivity index (χ3v) is 2.74. The van der Waals surface area contributed by atoms with Crippen LogP contribution in [0, 0.1) is 0 Å². The molecule has 0 amide bonds. The lowest BCUT2D eigenvalue weighted by atomic mass is 10.1. The fourth-order valence-electron chi connectivity index (χ4n) is 1.57. The van der Waals surface area contributed by atoms with Gasteiger partial charge in [-0.2, -0.15) is 0 Å². The summed E-state index contributed by atoms with van der Waals surface area (Å²) in [5, 5.41) is 17.3. The summed E-state index contributed by atoms with van der Waals surface area (Å²) in [5.41, 5.74) is 0.953. The third-order valence-electron chi connectivity index (χ3n) is 2.74. The zero-order valence-electron chi connectivity index (χ0n) is 10.7. The Kier molecular flexibility index (Phi) is 4.62. The van der Waals surface area contributed by atoms with E-state index in [-0.39, 0.29) is 11.7 Å². The first kappa shape index (κ1) is 13.6. The number of aliphatic hydroxyl groups is 1. The maximum absolute atomic E-state index is 11.5. The summed E-state index contributed by atoms with van der Waals surface area (Å²) in [6, 6.07) is -0.220. The molecule has 1 rings (SSSR count). The number of carbonyl (C=O) groups excluding carboxylic acids is 1. The minimum atomic E-state index is -0.558. The number of methoxy groups -OCH3 is 1. The quantitative estimate of drug-likeness (QED) is 0.777. The van der Waals surface area contributed by atoms with E-state index in [1.54, 1.807) is 11.6 Å². The van der Waals surface area contributed by atoms with Crippen LogP contribution in [-0.4, -0.2) is 39.3 Å². The molecule has 96 valence electrons. The molecule has 0 saturated carbocycles. The van der Waals surface area contributed by atoms with Crippen molar-refractivity contribution >= 4 is 5.97 Å². The molecule has 0 spiro atoms. The van der Waals surface area contributed by atoms with E-state index in [0.717, 1.165) is 6.42 Å². The highest BCUT2D eigenvalue weighted by Crippen LogP contribution is 2.17.